The van der Waals surface area contributed by atoms with Crippen LogP contribution in [0.1, 0.15) is 29.0 Å². The predicted octanol–water partition coefficient (Wildman–Crippen LogP) is 3.12. The van der Waals surface area contributed by atoms with Crippen molar-refractivity contribution in [2.24, 2.45) is 7.05 Å². The summed E-state index contributed by atoms with van der Waals surface area (Å²) in [6.45, 7) is 0. The Morgan fingerprint density at radius 2 is 2.12 bits per heavy atom. The first kappa shape index (κ1) is 16.3. The molecule has 24 heavy (non-hydrogen) atoms. The molecular weight excluding hydrogens is 319 g/mol. The van der Waals surface area contributed by atoms with Crippen LogP contribution in [0, 0.1) is 0 Å². The van der Waals surface area contributed by atoms with Gasteiger partial charge in [0.2, 0.25) is 5.91 Å². The number of aryl methyl sites for hydroxylation is 1. The minimum absolute atomic E-state index is 0.242. The van der Waals surface area contributed by atoms with Gasteiger partial charge in [0, 0.05) is 36.8 Å². The molecule has 4 nitrogen and oxygen atoms in total. The van der Waals surface area contributed by atoms with Crippen molar-refractivity contribution in [3.8, 4) is 0 Å². The Balaban J connectivity index is 1.62. The number of aromatic nitrogens is 2. The van der Waals surface area contributed by atoms with Gasteiger partial charge in [-0.05, 0) is 24.1 Å². The molecule has 1 amide bonds. The van der Waals surface area contributed by atoms with Crippen molar-refractivity contribution >= 4 is 12.0 Å². The van der Waals surface area contributed by atoms with Crippen molar-refractivity contribution in [2.45, 2.75) is 24.6 Å². The summed E-state index contributed by atoms with van der Waals surface area (Å²) in [6, 6.07) is 5.25. The maximum Gasteiger partial charge on any atom is 0.416 e. The number of amides is 1. The third-order valence-corrected chi connectivity index (χ3v) is 3.94. The van der Waals surface area contributed by atoms with Crippen LogP contribution in [0.25, 0.3) is 6.08 Å². The molecule has 0 spiro atoms. The van der Waals surface area contributed by atoms with Crippen LogP contribution in [-0.2, 0) is 18.0 Å². The molecule has 1 heterocycles. The van der Waals surface area contributed by atoms with Gasteiger partial charge in [-0.3, -0.25) is 9.48 Å². The van der Waals surface area contributed by atoms with Crippen molar-refractivity contribution in [1.29, 1.82) is 0 Å². The van der Waals surface area contributed by atoms with Gasteiger partial charge in [0.25, 0.3) is 0 Å². The Bertz CT molecular complexity index is 779. The van der Waals surface area contributed by atoms with Gasteiger partial charge in [0.15, 0.2) is 0 Å². The topological polar surface area (TPSA) is 46.9 Å². The number of carbonyl (C=O) groups is 1. The molecule has 1 N–H and O–H groups in total. The highest BCUT2D eigenvalue weighted by Crippen LogP contribution is 2.46. The number of hydrogen-bond acceptors (Lipinski definition) is 2. The second-order valence-electron chi connectivity index (χ2n) is 5.82. The lowest BCUT2D eigenvalue weighted by Crippen LogP contribution is -2.24. The smallest absolute Gasteiger partial charge is 0.349 e. The molecule has 1 aromatic heterocycles. The molecule has 3 rings (SSSR count). The summed E-state index contributed by atoms with van der Waals surface area (Å²) in [6.07, 6.45) is 2.48. The molecule has 1 aromatic carbocycles. The molecule has 2 aromatic rings. The molecule has 0 radical (unpaired) electrons. The highest BCUT2D eigenvalue weighted by Gasteiger charge is 2.44. The molecule has 0 bridgehead atoms. The fourth-order valence-corrected chi connectivity index (χ4v) is 2.71. The van der Waals surface area contributed by atoms with E-state index in [4.69, 9.17) is 0 Å². The summed E-state index contributed by atoms with van der Waals surface area (Å²) in [5.41, 5.74) is 0.395. The number of alkyl halides is 3. The van der Waals surface area contributed by atoms with Gasteiger partial charge in [-0.2, -0.15) is 18.3 Å². The van der Waals surface area contributed by atoms with Crippen LogP contribution in [0.15, 0.2) is 42.7 Å². The molecule has 1 aliphatic rings. The van der Waals surface area contributed by atoms with E-state index in [1.807, 2.05) is 0 Å². The van der Waals surface area contributed by atoms with E-state index in [-0.39, 0.29) is 23.4 Å². The van der Waals surface area contributed by atoms with Crippen molar-refractivity contribution < 1.29 is 18.0 Å². The average molecular weight is 335 g/mol. The lowest BCUT2D eigenvalue weighted by Gasteiger charge is -2.12. The standard InChI is InChI=1S/C17H16F3N3O/c1-23-10-11(9-21-23)6-7-16(24)22-15-8-13(15)12-4-2-3-5-14(12)17(18,19)20/h2-7,9-10,13,15H,8H2,1H3,(H,22,24)/b7-6+. The van der Waals surface area contributed by atoms with Gasteiger partial charge in [-0.1, -0.05) is 18.2 Å². The molecule has 1 aliphatic carbocycles. The lowest BCUT2D eigenvalue weighted by atomic mass is 10.0. The Hall–Kier alpha value is -2.57. The van der Waals surface area contributed by atoms with E-state index in [1.54, 1.807) is 36.3 Å². The molecule has 2 atom stereocenters. The van der Waals surface area contributed by atoms with Crippen LogP contribution in [0.3, 0.4) is 0 Å². The zero-order valence-electron chi connectivity index (χ0n) is 12.9. The van der Waals surface area contributed by atoms with Crippen molar-refractivity contribution in [1.82, 2.24) is 15.1 Å². The van der Waals surface area contributed by atoms with Crippen LogP contribution in [0.2, 0.25) is 0 Å². The van der Waals surface area contributed by atoms with Crippen LogP contribution < -0.4 is 5.32 Å². The maximum absolute atomic E-state index is 13.0. The number of nitrogens with one attached hydrogen (secondary N) is 1. The number of carbonyl (C=O) groups excluding carboxylic acids is 1. The Labute approximate surface area is 137 Å². The van der Waals surface area contributed by atoms with E-state index >= 15 is 0 Å². The Kier molecular flexibility index (Phi) is 4.17. The highest BCUT2D eigenvalue weighted by atomic mass is 19.4. The summed E-state index contributed by atoms with van der Waals surface area (Å²) >= 11 is 0. The normalized spacial score (nSPS) is 20.3. The lowest BCUT2D eigenvalue weighted by molar-refractivity contribution is -0.138. The first-order valence-electron chi connectivity index (χ1n) is 7.48. The number of rotatable bonds is 4. The Morgan fingerprint density at radius 3 is 2.79 bits per heavy atom. The van der Waals surface area contributed by atoms with Crippen molar-refractivity contribution in [2.75, 3.05) is 0 Å². The number of benzene rings is 1. The van der Waals surface area contributed by atoms with E-state index in [9.17, 15) is 18.0 Å². The van der Waals surface area contributed by atoms with E-state index < -0.39 is 11.7 Å². The SMILES string of the molecule is Cn1cc(/C=C/C(=O)NC2CC2c2ccccc2C(F)(F)F)cn1. The molecule has 7 heteroatoms. The molecular formula is C17H16F3N3O. The first-order valence-corrected chi connectivity index (χ1v) is 7.48. The molecule has 0 saturated heterocycles. The number of nitrogens with zero attached hydrogens (tertiary/aromatic N) is 2. The largest absolute Gasteiger partial charge is 0.416 e. The predicted molar refractivity (Wildman–Crippen MR) is 83.0 cm³/mol. The van der Waals surface area contributed by atoms with E-state index in [2.05, 4.69) is 10.4 Å². The van der Waals surface area contributed by atoms with Gasteiger partial charge in [-0.25, -0.2) is 0 Å². The maximum atomic E-state index is 13.0. The molecule has 2 unspecified atom stereocenters. The third-order valence-electron chi connectivity index (χ3n) is 3.94. The van der Waals surface area contributed by atoms with Crippen LogP contribution in [0.5, 0.6) is 0 Å². The third kappa shape index (κ3) is 3.67. The van der Waals surface area contributed by atoms with Crippen LogP contribution >= 0.6 is 0 Å². The minimum Gasteiger partial charge on any atom is -0.349 e. The van der Waals surface area contributed by atoms with E-state index in [0.717, 1.165) is 11.6 Å². The minimum atomic E-state index is -4.38. The quantitative estimate of drug-likeness (QED) is 0.873. The fourth-order valence-electron chi connectivity index (χ4n) is 2.71. The number of halogens is 3. The summed E-state index contributed by atoms with van der Waals surface area (Å²) in [5, 5.41) is 6.72. The van der Waals surface area contributed by atoms with Gasteiger partial charge in [-0.15, -0.1) is 0 Å². The molecule has 126 valence electrons. The monoisotopic (exact) mass is 335 g/mol. The second-order valence-corrected chi connectivity index (χ2v) is 5.82. The molecule has 0 aliphatic heterocycles. The van der Waals surface area contributed by atoms with E-state index in [0.29, 0.717) is 6.42 Å². The van der Waals surface area contributed by atoms with Crippen LogP contribution in [0.4, 0.5) is 13.2 Å². The molecule has 1 saturated carbocycles. The van der Waals surface area contributed by atoms with Gasteiger partial charge in [0.05, 0.1) is 11.8 Å². The van der Waals surface area contributed by atoms with Crippen molar-refractivity contribution in [3.05, 3.63) is 59.4 Å². The zero-order valence-corrected chi connectivity index (χ0v) is 12.9. The highest BCUT2D eigenvalue weighted by molar-refractivity contribution is 5.92. The first-order chi connectivity index (χ1) is 11.3. The number of hydrogen-bond donors (Lipinski definition) is 1. The summed E-state index contributed by atoms with van der Waals surface area (Å²) < 4.78 is 40.7. The van der Waals surface area contributed by atoms with Crippen molar-refractivity contribution in [3.63, 3.8) is 0 Å². The summed E-state index contributed by atoms with van der Waals surface area (Å²) in [4.78, 5) is 11.9. The molecule has 1 fully saturated rings. The van der Waals surface area contributed by atoms with Crippen LogP contribution in [-0.4, -0.2) is 21.7 Å². The fraction of sp³-hybridized carbons (Fsp3) is 0.294. The summed E-state index contributed by atoms with van der Waals surface area (Å²) in [5.74, 6) is -0.616. The zero-order chi connectivity index (χ0) is 17.3. The Morgan fingerprint density at radius 1 is 1.38 bits per heavy atom. The van der Waals surface area contributed by atoms with Gasteiger partial charge >= 0.3 is 6.18 Å². The second kappa shape index (κ2) is 6.14. The summed E-state index contributed by atoms with van der Waals surface area (Å²) in [7, 11) is 1.77. The van der Waals surface area contributed by atoms with Gasteiger partial charge in [0.1, 0.15) is 0 Å². The van der Waals surface area contributed by atoms with E-state index in [1.165, 1.54) is 18.2 Å². The van der Waals surface area contributed by atoms with Gasteiger partial charge < -0.3 is 5.32 Å². The average Bonchev–Trinajstić information content (AvgIpc) is 3.15.